The number of halogens is 1. The van der Waals surface area contributed by atoms with Gasteiger partial charge in [-0.15, -0.1) is 11.3 Å². The fourth-order valence-electron chi connectivity index (χ4n) is 1.13. The van der Waals surface area contributed by atoms with Crippen LogP contribution < -0.4 is 0 Å². The van der Waals surface area contributed by atoms with E-state index in [-0.39, 0.29) is 5.78 Å². The van der Waals surface area contributed by atoms with E-state index in [9.17, 15) is 4.79 Å². The highest BCUT2D eigenvalue weighted by molar-refractivity contribution is 9.11. The Bertz CT molecular complexity index is 431. The van der Waals surface area contributed by atoms with Crippen molar-refractivity contribution < 1.29 is 9.21 Å². The summed E-state index contributed by atoms with van der Waals surface area (Å²) in [6.45, 7) is 0. The summed E-state index contributed by atoms with van der Waals surface area (Å²) in [5.74, 6) is 0.127. The SMILES string of the molecule is O=C(Cc1ccoc1)c1ccc(Br)s1. The molecule has 0 aliphatic rings. The molecule has 72 valence electrons. The molecule has 0 radical (unpaired) electrons. The lowest BCUT2D eigenvalue weighted by Gasteiger charge is -1.92. The summed E-state index contributed by atoms with van der Waals surface area (Å²) in [6, 6.07) is 5.52. The molecule has 0 atom stereocenters. The maximum absolute atomic E-state index is 11.7. The van der Waals surface area contributed by atoms with Gasteiger partial charge >= 0.3 is 0 Å². The molecule has 0 fully saturated rings. The van der Waals surface area contributed by atoms with E-state index in [0.717, 1.165) is 14.2 Å². The maximum atomic E-state index is 11.7. The zero-order chi connectivity index (χ0) is 9.97. The molecule has 2 aromatic heterocycles. The van der Waals surface area contributed by atoms with E-state index in [1.807, 2.05) is 12.1 Å². The van der Waals surface area contributed by atoms with Gasteiger partial charge in [-0.05, 0) is 39.7 Å². The van der Waals surface area contributed by atoms with Gasteiger partial charge in [-0.25, -0.2) is 0 Å². The number of ketones is 1. The second-order valence-corrected chi connectivity index (χ2v) is 5.30. The molecule has 2 nitrogen and oxygen atoms in total. The van der Waals surface area contributed by atoms with E-state index >= 15 is 0 Å². The van der Waals surface area contributed by atoms with Crippen molar-refractivity contribution >= 4 is 33.0 Å². The minimum Gasteiger partial charge on any atom is -0.472 e. The molecule has 0 bridgehead atoms. The summed E-state index contributed by atoms with van der Waals surface area (Å²) in [5, 5.41) is 0. The van der Waals surface area contributed by atoms with E-state index in [2.05, 4.69) is 15.9 Å². The first-order chi connectivity index (χ1) is 6.75. The molecule has 0 saturated heterocycles. The molecule has 0 spiro atoms. The Hall–Kier alpha value is -0.870. The zero-order valence-electron chi connectivity index (χ0n) is 7.20. The van der Waals surface area contributed by atoms with Crippen molar-refractivity contribution in [2.45, 2.75) is 6.42 Å². The lowest BCUT2D eigenvalue weighted by molar-refractivity contribution is 0.0996. The zero-order valence-corrected chi connectivity index (χ0v) is 9.60. The minimum atomic E-state index is 0.127. The first-order valence-corrected chi connectivity index (χ1v) is 5.66. The number of thiophene rings is 1. The predicted octanol–water partition coefficient (Wildman–Crippen LogP) is 3.53. The number of carbonyl (C=O) groups excluding carboxylic acids is 1. The third kappa shape index (κ3) is 2.13. The van der Waals surface area contributed by atoms with Crippen LogP contribution in [0.1, 0.15) is 15.2 Å². The average molecular weight is 271 g/mol. The maximum Gasteiger partial charge on any atom is 0.177 e. The predicted molar refractivity (Wildman–Crippen MR) is 58.8 cm³/mol. The van der Waals surface area contributed by atoms with Gasteiger partial charge in [0, 0.05) is 6.42 Å². The van der Waals surface area contributed by atoms with Gasteiger partial charge in [-0.2, -0.15) is 0 Å². The van der Waals surface area contributed by atoms with E-state index in [1.165, 1.54) is 11.3 Å². The van der Waals surface area contributed by atoms with Gasteiger partial charge in [0.1, 0.15) is 0 Å². The third-order valence-electron chi connectivity index (χ3n) is 1.79. The molecule has 2 aromatic rings. The lowest BCUT2D eigenvalue weighted by atomic mass is 10.1. The molecule has 2 heterocycles. The summed E-state index contributed by atoms with van der Waals surface area (Å²) >= 11 is 4.78. The quantitative estimate of drug-likeness (QED) is 0.799. The van der Waals surface area contributed by atoms with Crippen molar-refractivity contribution in [2.24, 2.45) is 0 Å². The molecule has 4 heteroatoms. The Labute approximate surface area is 93.7 Å². The third-order valence-corrected chi connectivity index (χ3v) is 3.46. The summed E-state index contributed by atoms with van der Waals surface area (Å²) < 4.78 is 5.88. The minimum absolute atomic E-state index is 0.127. The highest BCUT2D eigenvalue weighted by atomic mass is 79.9. The second-order valence-electron chi connectivity index (χ2n) is 2.84. The molecule has 0 aromatic carbocycles. The van der Waals surface area contributed by atoms with Crippen LogP contribution in [0.3, 0.4) is 0 Å². The fourth-order valence-corrected chi connectivity index (χ4v) is 2.45. The normalized spacial score (nSPS) is 10.4. The van der Waals surface area contributed by atoms with Crippen LogP contribution in [0.15, 0.2) is 38.9 Å². The fraction of sp³-hybridized carbons (Fsp3) is 0.100. The molecule has 0 aliphatic carbocycles. The molecular formula is C10H7BrO2S. The van der Waals surface area contributed by atoms with E-state index in [4.69, 9.17) is 4.42 Å². The standard InChI is InChI=1S/C10H7BrO2S/c11-10-2-1-9(14-10)8(12)5-7-3-4-13-6-7/h1-4,6H,5H2. The smallest absolute Gasteiger partial charge is 0.177 e. The Morgan fingerprint density at radius 3 is 2.86 bits per heavy atom. The van der Waals surface area contributed by atoms with Gasteiger partial charge in [-0.1, -0.05) is 0 Å². The molecule has 0 saturated carbocycles. The van der Waals surface area contributed by atoms with Crippen LogP contribution in [0.4, 0.5) is 0 Å². The van der Waals surface area contributed by atoms with Crippen LogP contribution >= 0.6 is 27.3 Å². The van der Waals surface area contributed by atoms with Crippen molar-refractivity contribution in [3.8, 4) is 0 Å². The number of Topliss-reactive ketones (excluding diaryl/α,β-unsaturated/α-hetero) is 1. The van der Waals surface area contributed by atoms with Gasteiger partial charge in [0.2, 0.25) is 0 Å². The Balaban J connectivity index is 2.10. The van der Waals surface area contributed by atoms with E-state index < -0.39 is 0 Å². The molecule has 2 rings (SSSR count). The summed E-state index contributed by atoms with van der Waals surface area (Å²) in [4.78, 5) is 12.4. The first-order valence-electron chi connectivity index (χ1n) is 4.05. The molecule has 0 N–H and O–H groups in total. The molecular weight excluding hydrogens is 264 g/mol. The summed E-state index contributed by atoms with van der Waals surface area (Å²) in [7, 11) is 0. The van der Waals surface area contributed by atoms with Crippen LogP contribution in [0, 0.1) is 0 Å². The van der Waals surface area contributed by atoms with Crippen molar-refractivity contribution in [3.63, 3.8) is 0 Å². The van der Waals surface area contributed by atoms with Gasteiger partial charge in [0.25, 0.3) is 0 Å². The Kier molecular flexibility index (Phi) is 2.84. The van der Waals surface area contributed by atoms with Crippen molar-refractivity contribution in [1.82, 2.24) is 0 Å². The van der Waals surface area contributed by atoms with Gasteiger partial charge < -0.3 is 4.42 Å². The van der Waals surface area contributed by atoms with E-state index in [1.54, 1.807) is 18.6 Å². The van der Waals surface area contributed by atoms with Crippen LogP contribution in [0.2, 0.25) is 0 Å². The topological polar surface area (TPSA) is 30.2 Å². The Morgan fingerprint density at radius 1 is 1.43 bits per heavy atom. The largest absolute Gasteiger partial charge is 0.472 e. The highest BCUT2D eigenvalue weighted by Crippen LogP contribution is 2.23. The summed E-state index contributed by atoms with van der Waals surface area (Å²) in [6.07, 6.45) is 3.58. The second kappa shape index (κ2) is 4.11. The van der Waals surface area contributed by atoms with Crippen LogP contribution in [-0.4, -0.2) is 5.78 Å². The highest BCUT2D eigenvalue weighted by Gasteiger charge is 2.09. The first kappa shape index (κ1) is 9.68. The molecule has 0 amide bonds. The lowest BCUT2D eigenvalue weighted by Crippen LogP contribution is -1.99. The molecule has 0 aliphatic heterocycles. The van der Waals surface area contributed by atoms with Crippen molar-refractivity contribution in [3.05, 3.63) is 45.0 Å². The number of hydrogen-bond donors (Lipinski definition) is 0. The van der Waals surface area contributed by atoms with Crippen LogP contribution in [0.25, 0.3) is 0 Å². The van der Waals surface area contributed by atoms with E-state index in [0.29, 0.717) is 6.42 Å². The van der Waals surface area contributed by atoms with Gasteiger partial charge in [0.05, 0.1) is 21.2 Å². The van der Waals surface area contributed by atoms with Crippen LogP contribution in [0.5, 0.6) is 0 Å². The number of hydrogen-bond acceptors (Lipinski definition) is 3. The van der Waals surface area contributed by atoms with Crippen molar-refractivity contribution in [1.29, 1.82) is 0 Å². The van der Waals surface area contributed by atoms with Gasteiger partial charge in [-0.3, -0.25) is 4.79 Å². The summed E-state index contributed by atoms with van der Waals surface area (Å²) in [5.41, 5.74) is 0.916. The van der Waals surface area contributed by atoms with Crippen molar-refractivity contribution in [2.75, 3.05) is 0 Å². The average Bonchev–Trinajstić information content (AvgIpc) is 2.75. The number of carbonyl (C=O) groups is 1. The van der Waals surface area contributed by atoms with Gasteiger partial charge in [0.15, 0.2) is 5.78 Å². The number of rotatable bonds is 3. The number of furan rings is 1. The molecule has 0 unspecified atom stereocenters. The van der Waals surface area contributed by atoms with Crippen LogP contribution in [-0.2, 0) is 6.42 Å². The monoisotopic (exact) mass is 270 g/mol. The molecule has 14 heavy (non-hydrogen) atoms. The Morgan fingerprint density at radius 2 is 2.29 bits per heavy atom.